The summed E-state index contributed by atoms with van der Waals surface area (Å²) in [7, 11) is -4.09. The molecule has 3 aromatic rings. The molecule has 0 spiro atoms. The van der Waals surface area contributed by atoms with Crippen molar-refractivity contribution in [2.24, 2.45) is 0 Å². The lowest BCUT2D eigenvalue weighted by molar-refractivity contribution is 0.101. The first kappa shape index (κ1) is 23.8. The Bertz CT molecular complexity index is 1280. The molecule has 0 atom stereocenters. The third kappa shape index (κ3) is 4.80. The average molecular weight is 491 g/mol. The summed E-state index contributed by atoms with van der Waals surface area (Å²) in [5, 5.41) is 2.50. The van der Waals surface area contributed by atoms with Crippen LogP contribution in [-0.4, -0.2) is 26.7 Å². The van der Waals surface area contributed by atoms with Gasteiger partial charge in [0.05, 0.1) is 27.0 Å². The van der Waals surface area contributed by atoms with E-state index < -0.39 is 15.9 Å². The Balaban J connectivity index is 2.04. The number of anilines is 2. The molecule has 0 bridgehead atoms. The van der Waals surface area contributed by atoms with Gasteiger partial charge in [-0.2, -0.15) is 0 Å². The summed E-state index contributed by atoms with van der Waals surface area (Å²) in [6.07, 6.45) is 0. The monoisotopic (exact) mass is 490 g/mol. The second-order valence-corrected chi connectivity index (χ2v) is 9.47. The first-order valence-electron chi connectivity index (χ1n) is 9.65. The summed E-state index contributed by atoms with van der Waals surface area (Å²) in [6.45, 7) is 3.23. The Morgan fingerprint density at radius 1 is 0.906 bits per heavy atom. The number of Topliss-reactive ketones (excluding diaryl/α,β-unsaturated/α-hetero) is 1. The minimum atomic E-state index is -4.09. The molecule has 0 aliphatic carbocycles. The minimum absolute atomic E-state index is 0.0190. The lowest BCUT2D eigenvalue weighted by Gasteiger charge is -2.24. The van der Waals surface area contributed by atoms with E-state index in [0.29, 0.717) is 16.9 Å². The molecule has 0 heterocycles. The highest BCUT2D eigenvalue weighted by Crippen LogP contribution is 2.33. The molecular formula is C23H20Cl2N2O4S. The van der Waals surface area contributed by atoms with Crippen LogP contribution in [0.25, 0.3) is 0 Å². The van der Waals surface area contributed by atoms with Crippen LogP contribution in [-0.2, 0) is 10.0 Å². The van der Waals surface area contributed by atoms with Crippen molar-refractivity contribution in [1.82, 2.24) is 0 Å². The van der Waals surface area contributed by atoms with Gasteiger partial charge in [-0.05, 0) is 50.2 Å². The van der Waals surface area contributed by atoms with Gasteiger partial charge in [0, 0.05) is 12.1 Å². The summed E-state index contributed by atoms with van der Waals surface area (Å²) in [5.74, 6) is -0.896. The molecular weight excluding hydrogens is 471 g/mol. The molecule has 1 N–H and O–H groups in total. The van der Waals surface area contributed by atoms with Gasteiger partial charge in [-0.1, -0.05) is 53.5 Å². The standard InChI is InChI=1S/C23H20Cl2N2O4S/c1-3-27(16-9-5-4-6-10-16)32(30,31)22-13-18(19(24)14-20(22)25)23(29)26-21-12-8-7-11-17(21)15(2)28/h4-14H,3H2,1-2H3,(H,26,29). The van der Waals surface area contributed by atoms with E-state index in [0.717, 1.165) is 6.07 Å². The third-order valence-electron chi connectivity index (χ3n) is 4.72. The van der Waals surface area contributed by atoms with Crippen molar-refractivity contribution in [3.05, 3.63) is 87.9 Å². The fourth-order valence-electron chi connectivity index (χ4n) is 3.19. The van der Waals surface area contributed by atoms with E-state index in [4.69, 9.17) is 23.2 Å². The van der Waals surface area contributed by atoms with Crippen LogP contribution >= 0.6 is 23.2 Å². The Morgan fingerprint density at radius 3 is 2.16 bits per heavy atom. The van der Waals surface area contributed by atoms with E-state index in [2.05, 4.69) is 5.32 Å². The predicted octanol–water partition coefficient (Wildman–Crippen LogP) is 5.66. The van der Waals surface area contributed by atoms with Crippen LogP contribution in [0.3, 0.4) is 0 Å². The summed E-state index contributed by atoms with van der Waals surface area (Å²) in [5.41, 5.74) is 0.986. The number of hydrogen-bond acceptors (Lipinski definition) is 4. The van der Waals surface area contributed by atoms with E-state index in [-0.39, 0.29) is 32.8 Å². The molecule has 0 saturated heterocycles. The van der Waals surface area contributed by atoms with E-state index in [1.807, 2.05) is 0 Å². The molecule has 0 aliphatic heterocycles. The maximum Gasteiger partial charge on any atom is 0.265 e. The van der Waals surface area contributed by atoms with Crippen molar-refractivity contribution in [1.29, 1.82) is 0 Å². The van der Waals surface area contributed by atoms with E-state index >= 15 is 0 Å². The molecule has 166 valence electrons. The smallest absolute Gasteiger partial charge is 0.265 e. The predicted molar refractivity (Wildman–Crippen MR) is 128 cm³/mol. The third-order valence-corrected chi connectivity index (χ3v) is 7.40. The summed E-state index contributed by atoms with van der Waals surface area (Å²) in [6, 6.07) is 17.4. The Labute approximate surface area is 196 Å². The molecule has 3 rings (SSSR count). The van der Waals surface area contributed by atoms with Gasteiger partial charge < -0.3 is 5.32 Å². The van der Waals surface area contributed by atoms with E-state index in [1.165, 1.54) is 17.3 Å². The number of amides is 1. The largest absolute Gasteiger partial charge is 0.321 e. The Morgan fingerprint density at radius 2 is 1.53 bits per heavy atom. The fourth-order valence-corrected chi connectivity index (χ4v) is 5.50. The zero-order valence-electron chi connectivity index (χ0n) is 17.3. The topological polar surface area (TPSA) is 83.6 Å². The number of ketones is 1. The quantitative estimate of drug-likeness (QED) is 0.432. The van der Waals surface area contributed by atoms with Gasteiger partial charge in [0.25, 0.3) is 15.9 Å². The first-order valence-corrected chi connectivity index (χ1v) is 11.8. The first-order chi connectivity index (χ1) is 15.2. The van der Waals surface area contributed by atoms with Crippen LogP contribution in [0.2, 0.25) is 10.0 Å². The van der Waals surface area contributed by atoms with Gasteiger partial charge in [-0.3, -0.25) is 13.9 Å². The number of nitrogens with one attached hydrogen (secondary N) is 1. The molecule has 0 unspecified atom stereocenters. The molecule has 6 nitrogen and oxygen atoms in total. The fraction of sp³-hybridized carbons (Fsp3) is 0.130. The lowest BCUT2D eigenvalue weighted by Crippen LogP contribution is -2.31. The second kappa shape index (κ2) is 9.73. The van der Waals surface area contributed by atoms with Crippen molar-refractivity contribution in [3.63, 3.8) is 0 Å². The van der Waals surface area contributed by atoms with Crippen molar-refractivity contribution < 1.29 is 18.0 Å². The van der Waals surface area contributed by atoms with Gasteiger partial charge in [0.2, 0.25) is 0 Å². The number of sulfonamides is 1. The number of rotatable bonds is 7. The van der Waals surface area contributed by atoms with Gasteiger partial charge in [0.15, 0.2) is 5.78 Å². The van der Waals surface area contributed by atoms with Crippen molar-refractivity contribution in [3.8, 4) is 0 Å². The number of benzene rings is 3. The Hall–Kier alpha value is -2.87. The maximum atomic E-state index is 13.4. The maximum absolute atomic E-state index is 13.4. The number of nitrogens with zero attached hydrogens (tertiary/aromatic N) is 1. The molecule has 0 saturated carbocycles. The van der Waals surface area contributed by atoms with Gasteiger partial charge in [-0.15, -0.1) is 0 Å². The summed E-state index contributed by atoms with van der Waals surface area (Å²) >= 11 is 12.5. The van der Waals surface area contributed by atoms with Crippen LogP contribution in [0, 0.1) is 0 Å². The number of carbonyl (C=O) groups is 2. The van der Waals surface area contributed by atoms with Crippen LogP contribution in [0.4, 0.5) is 11.4 Å². The average Bonchev–Trinajstić information content (AvgIpc) is 2.74. The van der Waals surface area contributed by atoms with Crippen molar-refractivity contribution in [2.75, 3.05) is 16.2 Å². The number of carbonyl (C=O) groups excluding carboxylic acids is 2. The number of hydrogen-bond donors (Lipinski definition) is 1. The molecule has 1 amide bonds. The highest BCUT2D eigenvalue weighted by molar-refractivity contribution is 7.93. The SMILES string of the molecule is CCN(c1ccccc1)S(=O)(=O)c1cc(C(=O)Nc2ccccc2C(C)=O)c(Cl)cc1Cl. The van der Waals surface area contributed by atoms with Gasteiger partial charge in [-0.25, -0.2) is 8.42 Å². The van der Waals surface area contributed by atoms with E-state index in [9.17, 15) is 18.0 Å². The lowest BCUT2D eigenvalue weighted by atomic mass is 10.1. The van der Waals surface area contributed by atoms with Crippen molar-refractivity contribution in [2.45, 2.75) is 18.7 Å². The van der Waals surface area contributed by atoms with Crippen LogP contribution in [0.5, 0.6) is 0 Å². The van der Waals surface area contributed by atoms with Crippen LogP contribution < -0.4 is 9.62 Å². The molecule has 9 heteroatoms. The molecule has 0 radical (unpaired) electrons. The summed E-state index contributed by atoms with van der Waals surface area (Å²) in [4.78, 5) is 24.5. The molecule has 0 fully saturated rings. The normalized spacial score (nSPS) is 11.1. The summed E-state index contributed by atoms with van der Waals surface area (Å²) < 4.78 is 28.0. The molecule has 32 heavy (non-hydrogen) atoms. The zero-order chi connectivity index (χ0) is 23.5. The second-order valence-electron chi connectivity index (χ2n) is 6.82. The Kier molecular flexibility index (Phi) is 7.23. The van der Waals surface area contributed by atoms with Crippen molar-refractivity contribution >= 4 is 56.3 Å². The number of halogens is 2. The zero-order valence-corrected chi connectivity index (χ0v) is 19.6. The van der Waals surface area contributed by atoms with Gasteiger partial charge >= 0.3 is 0 Å². The van der Waals surface area contributed by atoms with Gasteiger partial charge in [0.1, 0.15) is 4.90 Å². The molecule has 0 aliphatic rings. The minimum Gasteiger partial charge on any atom is -0.321 e. The highest BCUT2D eigenvalue weighted by atomic mass is 35.5. The van der Waals surface area contributed by atoms with Crippen LogP contribution in [0.1, 0.15) is 34.6 Å². The molecule has 0 aromatic heterocycles. The number of para-hydroxylation sites is 2. The highest BCUT2D eigenvalue weighted by Gasteiger charge is 2.28. The van der Waals surface area contributed by atoms with Crippen LogP contribution in [0.15, 0.2) is 71.6 Å². The van der Waals surface area contributed by atoms with E-state index in [1.54, 1.807) is 61.5 Å². The molecule has 3 aromatic carbocycles.